The van der Waals surface area contributed by atoms with Crippen LogP contribution in [0.5, 0.6) is 0 Å². The van der Waals surface area contributed by atoms with Gasteiger partial charge in [0.2, 0.25) is 0 Å². The highest BCUT2D eigenvalue weighted by Crippen LogP contribution is 2.70. The Morgan fingerprint density at radius 1 is 0.917 bits per heavy atom. The first-order valence-corrected chi connectivity index (χ1v) is 14.6. The largest absolute Gasteiger partial charge is 0.457 e. The van der Waals surface area contributed by atoms with Crippen LogP contribution in [0, 0.1) is 34.5 Å². The lowest BCUT2D eigenvalue weighted by atomic mass is 9.44. The van der Waals surface area contributed by atoms with E-state index in [0.29, 0.717) is 17.9 Å². The Balaban J connectivity index is 1.09. The average molecular weight is 494 g/mol. The molecular weight excluding hydrogens is 450 g/mol. The third kappa shape index (κ3) is 3.41. The van der Waals surface area contributed by atoms with E-state index in [9.17, 15) is 4.79 Å². The second-order valence-electron chi connectivity index (χ2n) is 13.6. The van der Waals surface area contributed by atoms with E-state index in [2.05, 4.69) is 49.1 Å². The van der Waals surface area contributed by atoms with Gasteiger partial charge in [-0.15, -0.1) is 0 Å². The number of rotatable bonds is 2. The van der Waals surface area contributed by atoms with Crippen LogP contribution in [0.25, 0.3) is 0 Å². The fraction of sp³-hybridized carbons (Fsp3) is 0.774. The van der Waals surface area contributed by atoms with Crippen LogP contribution >= 0.6 is 0 Å². The first kappa shape index (κ1) is 23.7. The van der Waals surface area contributed by atoms with Gasteiger partial charge in [-0.1, -0.05) is 44.2 Å². The van der Waals surface area contributed by atoms with Gasteiger partial charge in [-0.25, -0.2) is 0 Å². The number of fused-ring (bicyclic) bond motifs is 6. The van der Waals surface area contributed by atoms with Gasteiger partial charge in [-0.3, -0.25) is 9.69 Å². The molecule has 0 bridgehead atoms. The molecule has 0 amide bonds. The standard InChI is InChI=1S/C31H43NO4/c1-28-14-15-30(21-32(20-27(33)36-30)19-22-6-4-3-5-7-22)18-23(28)8-9-24-25(28)10-12-29(2)26(24)11-13-31(29)34-16-17-35-31/h3-7,23-26H,8-21H2,1-2H3/t23-,24+,25-,26-,28-,29-,30+/m0/s1. The van der Waals surface area contributed by atoms with E-state index in [1.807, 2.05) is 0 Å². The maximum Gasteiger partial charge on any atom is 0.320 e. The van der Waals surface area contributed by atoms with Crippen molar-refractivity contribution >= 4 is 5.97 Å². The molecule has 4 aliphatic carbocycles. The Hall–Kier alpha value is -1.43. The van der Waals surface area contributed by atoms with Crippen LogP contribution in [0.1, 0.15) is 77.2 Å². The zero-order valence-electron chi connectivity index (χ0n) is 22.2. The number of nitrogens with zero attached hydrogens (tertiary/aromatic N) is 1. The highest BCUT2D eigenvalue weighted by molar-refractivity contribution is 5.73. The molecule has 7 atom stereocenters. The van der Waals surface area contributed by atoms with Crippen LogP contribution in [0.15, 0.2) is 30.3 Å². The van der Waals surface area contributed by atoms with Crippen LogP contribution in [0.2, 0.25) is 0 Å². The number of morpholine rings is 1. The molecule has 2 aliphatic heterocycles. The van der Waals surface area contributed by atoms with E-state index in [1.54, 1.807) is 0 Å². The molecule has 0 unspecified atom stereocenters. The normalized spacial score (nSPS) is 45.8. The zero-order chi connectivity index (χ0) is 24.6. The van der Waals surface area contributed by atoms with Crippen molar-refractivity contribution in [3.63, 3.8) is 0 Å². The lowest BCUT2D eigenvalue weighted by Crippen LogP contribution is -2.62. The van der Waals surface area contributed by atoms with Crippen LogP contribution in [-0.2, 0) is 25.5 Å². The van der Waals surface area contributed by atoms with Crippen molar-refractivity contribution in [3.05, 3.63) is 35.9 Å². The molecule has 0 N–H and O–H groups in total. The third-order valence-corrected chi connectivity index (χ3v) is 12.0. The van der Waals surface area contributed by atoms with Gasteiger partial charge in [0.25, 0.3) is 0 Å². The molecule has 1 aromatic rings. The molecule has 36 heavy (non-hydrogen) atoms. The summed E-state index contributed by atoms with van der Waals surface area (Å²) < 4.78 is 18.9. The minimum Gasteiger partial charge on any atom is -0.457 e. The fourth-order valence-electron chi connectivity index (χ4n) is 10.3. The van der Waals surface area contributed by atoms with Crippen molar-refractivity contribution in [2.75, 3.05) is 26.3 Å². The average Bonchev–Trinajstić information content (AvgIpc) is 3.46. The molecule has 2 spiro atoms. The maximum atomic E-state index is 12.8. The van der Waals surface area contributed by atoms with E-state index in [-0.39, 0.29) is 22.8 Å². The van der Waals surface area contributed by atoms with Gasteiger partial charge in [0.05, 0.1) is 19.8 Å². The lowest BCUT2D eigenvalue weighted by molar-refractivity contribution is -0.250. The Kier molecular flexibility index (Phi) is 5.45. The summed E-state index contributed by atoms with van der Waals surface area (Å²) in [5, 5.41) is 0. The predicted octanol–water partition coefficient (Wildman–Crippen LogP) is 5.57. The summed E-state index contributed by atoms with van der Waals surface area (Å²) in [6.45, 7) is 8.73. The van der Waals surface area contributed by atoms with Crippen molar-refractivity contribution in [2.24, 2.45) is 34.5 Å². The summed E-state index contributed by atoms with van der Waals surface area (Å²) in [6.07, 6.45) is 10.7. The van der Waals surface area contributed by atoms with Gasteiger partial charge < -0.3 is 14.2 Å². The van der Waals surface area contributed by atoms with Crippen LogP contribution < -0.4 is 0 Å². The van der Waals surface area contributed by atoms with Crippen molar-refractivity contribution in [1.82, 2.24) is 4.90 Å². The second-order valence-corrected chi connectivity index (χ2v) is 13.6. The van der Waals surface area contributed by atoms with Gasteiger partial charge >= 0.3 is 5.97 Å². The number of hydrogen-bond acceptors (Lipinski definition) is 5. The molecule has 0 aromatic heterocycles. The SMILES string of the molecule is C[C@]12CC[C@@]3(C[C@@H]1CC[C@@H]1[C@@H]2CC[C@@]2(C)[C@H]1CCC21OCCO1)CN(Cc1ccccc1)CC(=O)O3. The minimum atomic E-state index is -0.310. The number of carbonyl (C=O) groups is 1. The van der Waals surface area contributed by atoms with E-state index < -0.39 is 0 Å². The van der Waals surface area contributed by atoms with Gasteiger partial charge in [0.15, 0.2) is 5.79 Å². The second kappa shape index (κ2) is 8.28. The smallest absolute Gasteiger partial charge is 0.320 e. The van der Waals surface area contributed by atoms with Crippen LogP contribution in [0.4, 0.5) is 0 Å². The quantitative estimate of drug-likeness (QED) is 0.504. The summed E-state index contributed by atoms with van der Waals surface area (Å²) >= 11 is 0. The predicted molar refractivity (Wildman–Crippen MR) is 137 cm³/mol. The molecule has 0 radical (unpaired) electrons. The van der Waals surface area contributed by atoms with Crippen molar-refractivity contribution < 1.29 is 19.0 Å². The van der Waals surface area contributed by atoms with Gasteiger partial charge in [0, 0.05) is 24.9 Å². The fourth-order valence-corrected chi connectivity index (χ4v) is 10.3. The molecule has 2 saturated heterocycles. The highest BCUT2D eigenvalue weighted by Gasteiger charge is 2.68. The summed E-state index contributed by atoms with van der Waals surface area (Å²) in [7, 11) is 0. The minimum absolute atomic E-state index is 0.0317. The van der Waals surface area contributed by atoms with E-state index in [0.717, 1.165) is 63.3 Å². The topological polar surface area (TPSA) is 48.0 Å². The Morgan fingerprint density at radius 3 is 2.50 bits per heavy atom. The van der Waals surface area contributed by atoms with E-state index >= 15 is 0 Å². The number of benzene rings is 1. The summed E-state index contributed by atoms with van der Waals surface area (Å²) in [5.74, 6) is 2.59. The monoisotopic (exact) mass is 493 g/mol. The molecule has 5 heteroatoms. The molecule has 1 aromatic carbocycles. The molecule has 7 rings (SSSR count). The molecule has 5 nitrogen and oxygen atoms in total. The Labute approximate surface area is 216 Å². The van der Waals surface area contributed by atoms with Crippen molar-refractivity contribution in [3.8, 4) is 0 Å². The number of esters is 1. The molecular formula is C31H43NO4. The first-order valence-electron chi connectivity index (χ1n) is 14.6. The van der Waals surface area contributed by atoms with Crippen molar-refractivity contribution in [2.45, 2.75) is 89.6 Å². The van der Waals surface area contributed by atoms with Gasteiger partial charge in [-0.05, 0) is 86.0 Å². The lowest BCUT2D eigenvalue weighted by Gasteiger charge is -2.63. The summed E-state index contributed by atoms with van der Waals surface area (Å²) in [6, 6.07) is 10.6. The molecule has 4 saturated carbocycles. The molecule has 196 valence electrons. The van der Waals surface area contributed by atoms with Gasteiger partial charge in [0.1, 0.15) is 5.60 Å². The van der Waals surface area contributed by atoms with E-state index in [4.69, 9.17) is 14.2 Å². The summed E-state index contributed by atoms with van der Waals surface area (Å²) in [4.78, 5) is 15.1. The number of ether oxygens (including phenoxy) is 3. The number of carbonyl (C=O) groups excluding carboxylic acids is 1. The summed E-state index contributed by atoms with van der Waals surface area (Å²) in [5.41, 5.74) is 1.50. The Morgan fingerprint density at radius 2 is 1.69 bits per heavy atom. The Bertz CT molecular complexity index is 1010. The molecule has 6 aliphatic rings. The molecule has 2 heterocycles. The first-order chi connectivity index (χ1) is 17.3. The van der Waals surface area contributed by atoms with E-state index in [1.165, 1.54) is 44.1 Å². The van der Waals surface area contributed by atoms with Crippen LogP contribution in [-0.4, -0.2) is 48.6 Å². The third-order valence-electron chi connectivity index (χ3n) is 12.0. The van der Waals surface area contributed by atoms with Gasteiger partial charge in [-0.2, -0.15) is 0 Å². The zero-order valence-corrected chi connectivity index (χ0v) is 22.2. The molecule has 6 fully saturated rings. The van der Waals surface area contributed by atoms with Crippen molar-refractivity contribution in [1.29, 1.82) is 0 Å². The number of hydrogen-bond donors (Lipinski definition) is 0. The van der Waals surface area contributed by atoms with Crippen LogP contribution in [0.3, 0.4) is 0 Å². The highest BCUT2D eigenvalue weighted by atomic mass is 16.7. The maximum absolute atomic E-state index is 12.8.